The van der Waals surface area contributed by atoms with E-state index in [1.807, 2.05) is 25.3 Å². The number of benzene rings is 1. The van der Waals surface area contributed by atoms with Crippen LogP contribution in [0.25, 0.3) is 11.4 Å². The number of hydrogen-bond donors (Lipinski definition) is 1. The summed E-state index contributed by atoms with van der Waals surface area (Å²) in [5, 5.41) is 9.41. The highest BCUT2D eigenvalue weighted by molar-refractivity contribution is 5.69. The molecule has 0 spiro atoms. The molecule has 2 heterocycles. The Bertz CT molecular complexity index is 761. The molecular formula is C20H25N3O3. The summed E-state index contributed by atoms with van der Waals surface area (Å²) >= 11 is 0. The van der Waals surface area contributed by atoms with E-state index >= 15 is 0 Å². The lowest BCUT2D eigenvalue weighted by atomic mass is 10.0. The molecule has 1 atom stereocenters. The van der Waals surface area contributed by atoms with E-state index in [0.29, 0.717) is 18.9 Å². The van der Waals surface area contributed by atoms with Gasteiger partial charge in [0, 0.05) is 49.8 Å². The Hall–Kier alpha value is -2.47. The molecule has 0 bridgehead atoms. The Kier molecular flexibility index (Phi) is 5.83. The Morgan fingerprint density at radius 1 is 1.35 bits per heavy atom. The second kappa shape index (κ2) is 8.27. The summed E-state index contributed by atoms with van der Waals surface area (Å²) in [7, 11) is 0. The zero-order chi connectivity index (χ0) is 18.5. The van der Waals surface area contributed by atoms with Crippen molar-refractivity contribution in [3.05, 3.63) is 41.7 Å². The standard InChI is InChI=1S/C20H25N3O3/c1-3-26-19(25)10-14(2)12-23-9-8-18-16(13-23)11-21-20(22-18)15-4-6-17(24)7-5-15/h4-7,11,14,24H,3,8-10,12-13H2,1-2H3. The van der Waals surface area contributed by atoms with Gasteiger partial charge >= 0.3 is 5.97 Å². The van der Waals surface area contributed by atoms with Gasteiger partial charge in [0.15, 0.2) is 5.82 Å². The van der Waals surface area contributed by atoms with Gasteiger partial charge in [0.2, 0.25) is 0 Å². The number of rotatable bonds is 6. The van der Waals surface area contributed by atoms with E-state index < -0.39 is 0 Å². The SMILES string of the molecule is CCOC(=O)CC(C)CN1CCc2nc(-c3ccc(O)cc3)ncc2C1. The van der Waals surface area contributed by atoms with E-state index in [1.54, 1.807) is 12.1 Å². The summed E-state index contributed by atoms with van der Waals surface area (Å²) in [6, 6.07) is 6.93. The minimum Gasteiger partial charge on any atom is -0.508 e. The van der Waals surface area contributed by atoms with Crippen LogP contribution in [0.5, 0.6) is 5.75 Å². The molecule has 0 radical (unpaired) electrons. The second-order valence-corrected chi connectivity index (χ2v) is 6.81. The molecule has 6 nitrogen and oxygen atoms in total. The van der Waals surface area contributed by atoms with Crippen LogP contribution in [-0.4, -0.2) is 45.6 Å². The highest BCUT2D eigenvalue weighted by Crippen LogP contribution is 2.23. The molecule has 138 valence electrons. The fourth-order valence-corrected chi connectivity index (χ4v) is 3.29. The average molecular weight is 355 g/mol. The van der Waals surface area contributed by atoms with Crippen molar-refractivity contribution in [2.75, 3.05) is 19.7 Å². The van der Waals surface area contributed by atoms with Crippen molar-refractivity contribution in [3.8, 4) is 17.1 Å². The van der Waals surface area contributed by atoms with Gasteiger partial charge in [-0.15, -0.1) is 0 Å². The maximum atomic E-state index is 11.6. The molecule has 0 fully saturated rings. The predicted octanol–water partition coefficient (Wildman–Crippen LogP) is 2.80. The molecule has 0 aliphatic carbocycles. The average Bonchev–Trinajstić information content (AvgIpc) is 2.62. The summed E-state index contributed by atoms with van der Waals surface area (Å²) in [5.74, 6) is 1.05. The van der Waals surface area contributed by atoms with Gasteiger partial charge in [0.05, 0.1) is 12.3 Å². The maximum Gasteiger partial charge on any atom is 0.306 e. The van der Waals surface area contributed by atoms with Crippen molar-refractivity contribution in [3.63, 3.8) is 0 Å². The molecule has 6 heteroatoms. The Morgan fingerprint density at radius 3 is 2.85 bits per heavy atom. The van der Waals surface area contributed by atoms with Crippen molar-refractivity contribution < 1.29 is 14.6 Å². The topological polar surface area (TPSA) is 75.5 Å². The van der Waals surface area contributed by atoms with Gasteiger partial charge in [-0.2, -0.15) is 0 Å². The summed E-state index contributed by atoms with van der Waals surface area (Å²) in [4.78, 5) is 23.1. The fraction of sp³-hybridized carbons (Fsp3) is 0.450. The summed E-state index contributed by atoms with van der Waals surface area (Å²) in [6.45, 7) is 6.93. The van der Waals surface area contributed by atoms with E-state index in [9.17, 15) is 9.90 Å². The highest BCUT2D eigenvalue weighted by Gasteiger charge is 2.21. The van der Waals surface area contributed by atoms with E-state index in [1.165, 1.54) is 0 Å². The monoisotopic (exact) mass is 355 g/mol. The summed E-state index contributed by atoms with van der Waals surface area (Å²) < 4.78 is 5.03. The molecule has 1 N–H and O–H groups in total. The number of phenolic OH excluding ortho intramolecular Hbond substituents is 1. The minimum atomic E-state index is -0.126. The third-order valence-electron chi connectivity index (χ3n) is 4.53. The minimum absolute atomic E-state index is 0.126. The number of carbonyl (C=O) groups excluding carboxylic acids is 1. The zero-order valence-electron chi connectivity index (χ0n) is 15.3. The zero-order valence-corrected chi connectivity index (χ0v) is 15.3. The number of aromatic hydroxyl groups is 1. The first-order valence-electron chi connectivity index (χ1n) is 9.07. The second-order valence-electron chi connectivity index (χ2n) is 6.81. The number of phenols is 1. The van der Waals surface area contributed by atoms with Crippen LogP contribution in [0.3, 0.4) is 0 Å². The van der Waals surface area contributed by atoms with Gasteiger partial charge in [-0.05, 0) is 37.1 Å². The molecule has 0 saturated heterocycles. The van der Waals surface area contributed by atoms with Crippen molar-refractivity contribution in [2.24, 2.45) is 5.92 Å². The maximum absolute atomic E-state index is 11.6. The van der Waals surface area contributed by atoms with Crippen molar-refractivity contribution in [1.29, 1.82) is 0 Å². The van der Waals surface area contributed by atoms with Gasteiger partial charge in [-0.3, -0.25) is 9.69 Å². The largest absolute Gasteiger partial charge is 0.508 e. The van der Waals surface area contributed by atoms with E-state index in [0.717, 1.165) is 42.9 Å². The number of aromatic nitrogens is 2. The van der Waals surface area contributed by atoms with Gasteiger partial charge in [-0.25, -0.2) is 9.97 Å². The molecule has 1 aliphatic heterocycles. The summed E-state index contributed by atoms with van der Waals surface area (Å²) in [6.07, 6.45) is 3.22. The summed E-state index contributed by atoms with van der Waals surface area (Å²) in [5.41, 5.74) is 3.12. The van der Waals surface area contributed by atoms with Crippen LogP contribution in [0.4, 0.5) is 0 Å². The van der Waals surface area contributed by atoms with Crippen LogP contribution < -0.4 is 0 Å². The van der Waals surface area contributed by atoms with Crippen LogP contribution >= 0.6 is 0 Å². The quantitative estimate of drug-likeness (QED) is 0.803. The normalized spacial score (nSPS) is 15.3. The first kappa shape index (κ1) is 18.3. The lowest BCUT2D eigenvalue weighted by molar-refractivity contribution is -0.144. The molecule has 0 saturated carbocycles. The number of nitrogens with zero attached hydrogens (tertiary/aromatic N) is 3. The van der Waals surface area contributed by atoms with Gasteiger partial charge in [-0.1, -0.05) is 6.92 Å². The van der Waals surface area contributed by atoms with Crippen LogP contribution in [0.2, 0.25) is 0 Å². The van der Waals surface area contributed by atoms with Crippen LogP contribution in [0.1, 0.15) is 31.5 Å². The van der Waals surface area contributed by atoms with E-state index in [4.69, 9.17) is 9.72 Å². The van der Waals surface area contributed by atoms with E-state index in [2.05, 4.69) is 16.8 Å². The number of hydrogen-bond acceptors (Lipinski definition) is 6. The van der Waals surface area contributed by atoms with Gasteiger partial charge in [0.1, 0.15) is 5.75 Å². The molecule has 3 rings (SSSR count). The van der Waals surface area contributed by atoms with E-state index in [-0.39, 0.29) is 17.6 Å². The molecule has 2 aromatic rings. The first-order chi connectivity index (χ1) is 12.5. The predicted molar refractivity (Wildman–Crippen MR) is 98.5 cm³/mol. The smallest absolute Gasteiger partial charge is 0.306 e. The van der Waals surface area contributed by atoms with Gasteiger partial charge < -0.3 is 9.84 Å². The first-order valence-corrected chi connectivity index (χ1v) is 9.07. The Balaban J connectivity index is 1.62. The number of esters is 1. The molecule has 1 aliphatic rings. The third kappa shape index (κ3) is 4.58. The lowest BCUT2D eigenvalue weighted by Gasteiger charge is -2.30. The molecule has 0 amide bonds. The van der Waals surface area contributed by atoms with Crippen LogP contribution in [0, 0.1) is 5.92 Å². The van der Waals surface area contributed by atoms with Crippen molar-refractivity contribution in [2.45, 2.75) is 33.2 Å². The molecule has 26 heavy (non-hydrogen) atoms. The van der Waals surface area contributed by atoms with Crippen LogP contribution in [-0.2, 0) is 22.5 Å². The Morgan fingerprint density at radius 2 is 2.12 bits per heavy atom. The molecular weight excluding hydrogens is 330 g/mol. The number of fused-ring (bicyclic) bond motifs is 1. The third-order valence-corrected chi connectivity index (χ3v) is 4.53. The van der Waals surface area contributed by atoms with Gasteiger partial charge in [0.25, 0.3) is 0 Å². The fourth-order valence-electron chi connectivity index (χ4n) is 3.29. The number of ether oxygens (including phenoxy) is 1. The lowest BCUT2D eigenvalue weighted by Crippen LogP contribution is -2.35. The number of carbonyl (C=O) groups is 1. The van der Waals surface area contributed by atoms with Crippen LogP contribution in [0.15, 0.2) is 30.5 Å². The van der Waals surface area contributed by atoms with Crippen molar-refractivity contribution in [1.82, 2.24) is 14.9 Å². The molecule has 1 aromatic carbocycles. The molecule has 1 aromatic heterocycles. The van der Waals surface area contributed by atoms with Crippen molar-refractivity contribution >= 4 is 5.97 Å². The molecule has 1 unspecified atom stereocenters. The Labute approximate surface area is 153 Å². The highest BCUT2D eigenvalue weighted by atomic mass is 16.5.